The van der Waals surface area contributed by atoms with Crippen molar-refractivity contribution < 1.29 is 19.1 Å². The Hall–Kier alpha value is -2.58. The zero-order valence-electron chi connectivity index (χ0n) is 17.7. The highest BCUT2D eigenvalue weighted by Crippen LogP contribution is 2.34. The Morgan fingerprint density at radius 3 is 2.52 bits per heavy atom. The van der Waals surface area contributed by atoms with Crippen LogP contribution in [-0.2, 0) is 17.2 Å². The SMILES string of the molecule is COC(=O)c1nc(C2(C)CCCN(C(=O)c3ccc(Cl)c(Cl)c3)C2)n(C)c(=O)c1OC. The molecule has 1 saturated heterocycles. The smallest absolute Gasteiger partial charge is 0.360 e. The second-order valence-corrected chi connectivity index (χ2v) is 8.51. The molecule has 1 aromatic heterocycles. The molecule has 1 aliphatic rings. The van der Waals surface area contributed by atoms with Crippen molar-refractivity contribution in [2.45, 2.75) is 25.2 Å². The predicted octanol–water partition coefficient (Wildman–Crippen LogP) is 3.08. The predicted molar refractivity (Wildman–Crippen MR) is 116 cm³/mol. The monoisotopic (exact) mass is 467 g/mol. The number of halogens is 2. The van der Waals surface area contributed by atoms with E-state index in [1.807, 2.05) is 6.92 Å². The van der Waals surface area contributed by atoms with Gasteiger partial charge in [-0.05, 0) is 31.0 Å². The summed E-state index contributed by atoms with van der Waals surface area (Å²) in [6.07, 6.45) is 1.37. The van der Waals surface area contributed by atoms with Gasteiger partial charge in [-0.15, -0.1) is 0 Å². The molecule has 31 heavy (non-hydrogen) atoms. The first-order valence-corrected chi connectivity index (χ1v) is 10.4. The molecular formula is C21H23Cl2N3O5. The number of piperidine rings is 1. The molecule has 2 heterocycles. The van der Waals surface area contributed by atoms with Gasteiger partial charge in [-0.1, -0.05) is 30.1 Å². The summed E-state index contributed by atoms with van der Waals surface area (Å²) in [5.41, 5.74) is -0.933. The highest BCUT2D eigenvalue weighted by atomic mass is 35.5. The maximum atomic E-state index is 13.1. The van der Waals surface area contributed by atoms with E-state index in [0.29, 0.717) is 47.4 Å². The lowest BCUT2D eigenvalue weighted by atomic mass is 9.80. The molecule has 1 aromatic carbocycles. The van der Waals surface area contributed by atoms with Gasteiger partial charge in [0, 0.05) is 31.1 Å². The maximum absolute atomic E-state index is 13.1. The molecule has 1 unspecified atom stereocenters. The van der Waals surface area contributed by atoms with Gasteiger partial charge in [0.2, 0.25) is 5.75 Å². The number of benzene rings is 1. The van der Waals surface area contributed by atoms with Crippen molar-refractivity contribution in [2.75, 3.05) is 27.3 Å². The van der Waals surface area contributed by atoms with Crippen molar-refractivity contribution in [1.82, 2.24) is 14.5 Å². The molecule has 10 heteroatoms. The highest BCUT2D eigenvalue weighted by molar-refractivity contribution is 6.42. The van der Waals surface area contributed by atoms with Crippen molar-refractivity contribution in [1.29, 1.82) is 0 Å². The first kappa shape index (κ1) is 23.1. The summed E-state index contributed by atoms with van der Waals surface area (Å²) < 4.78 is 11.2. The molecule has 166 valence electrons. The van der Waals surface area contributed by atoms with Crippen LogP contribution >= 0.6 is 23.2 Å². The largest absolute Gasteiger partial charge is 0.489 e. The van der Waals surface area contributed by atoms with Crippen LogP contribution in [0.4, 0.5) is 0 Å². The molecule has 0 aliphatic carbocycles. The Morgan fingerprint density at radius 1 is 1.19 bits per heavy atom. The van der Waals surface area contributed by atoms with E-state index in [4.69, 9.17) is 32.7 Å². The topological polar surface area (TPSA) is 90.7 Å². The molecule has 2 aromatic rings. The summed E-state index contributed by atoms with van der Waals surface area (Å²) in [5.74, 6) is -0.762. The van der Waals surface area contributed by atoms with Gasteiger partial charge in [-0.3, -0.25) is 14.2 Å². The molecule has 3 rings (SSSR count). The molecule has 0 spiro atoms. The maximum Gasteiger partial charge on any atom is 0.360 e. The molecule has 8 nitrogen and oxygen atoms in total. The van der Waals surface area contributed by atoms with E-state index < -0.39 is 16.9 Å². The third-order valence-electron chi connectivity index (χ3n) is 5.52. The third kappa shape index (κ3) is 4.27. The van der Waals surface area contributed by atoms with Gasteiger partial charge in [0.1, 0.15) is 5.82 Å². The van der Waals surface area contributed by atoms with Gasteiger partial charge < -0.3 is 14.4 Å². The van der Waals surface area contributed by atoms with Gasteiger partial charge in [0.25, 0.3) is 11.5 Å². The van der Waals surface area contributed by atoms with E-state index in [-0.39, 0.29) is 17.4 Å². The molecule has 1 aliphatic heterocycles. The third-order valence-corrected chi connectivity index (χ3v) is 6.26. The van der Waals surface area contributed by atoms with Gasteiger partial charge >= 0.3 is 5.97 Å². The number of methoxy groups -OCH3 is 2. The zero-order chi connectivity index (χ0) is 22.9. The molecule has 0 saturated carbocycles. The summed E-state index contributed by atoms with van der Waals surface area (Å²) in [7, 11) is 4.07. The number of hydrogen-bond acceptors (Lipinski definition) is 6. The average Bonchev–Trinajstić information content (AvgIpc) is 2.76. The standard InChI is InChI=1S/C21H23Cl2N3O5/c1-21(20-24-15(19(29)31-4)16(30-3)18(28)25(20)2)8-5-9-26(11-21)17(27)12-6-7-13(22)14(23)10-12/h6-7,10H,5,8-9,11H2,1-4H3. The molecule has 0 bridgehead atoms. The van der Waals surface area contributed by atoms with Crippen molar-refractivity contribution in [3.05, 3.63) is 55.7 Å². The number of likely N-dealkylation sites (tertiary alicyclic amines) is 1. The molecule has 1 fully saturated rings. The number of ether oxygens (including phenoxy) is 2. The molecule has 0 radical (unpaired) electrons. The van der Waals surface area contributed by atoms with Crippen LogP contribution < -0.4 is 10.3 Å². The van der Waals surface area contributed by atoms with E-state index in [2.05, 4.69) is 4.98 Å². The molecular weight excluding hydrogens is 445 g/mol. The van der Waals surface area contributed by atoms with Crippen LogP contribution in [0.5, 0.6) is 5.75 Å². The Labute approximate surface area is 189 Å². The second kappa shape index (κ2) is 8.88. The van der Waals surface area contributed by atoms with Crippen LogP contribution in [0.25, 0.3) is 0 Å². The minimum absolute atomic E-state index is 0.179. The normalized spacial score (nSPS) is 18.6. The molecule has 0 N–H and O–H groups in total. The van der Waals surface area contributed by atoms with Crippen molar-refractivity contribution in [3.8, 4) is 5.75 Å². The number of carbonyl (C=O) groups is 2. The second-order valence-electron chi connectivity index (χ2n) is 7.69. The van der Waals surface area contributed by atoms with Gasteiger partial charge in [0.15, 0.2) is 5.69 Å². The van der Waals surface area contributed by atoms with Gasteiger partial charge in [-0.25, -0.2) is 9.78 Å². The fraction of sp³-hybridized carbons (Fsp3) is 0.429. The summed E-state index contributed by atoms with van der Waals surface area (Å²) in [5, 5.41) is 0.670. The van der Waals surface area contributed by atoms with E-state index >= 15 is 0 Å². The lowest BCUT2D eigenvalue weighted by Gasteiger charge is -2.40. The Bertz CT molecular complexity index is 1100. The van der Waals surface area contributed by atoms with E-state index in [1.54, 1.807) is 24.1 Å². The number of hydrogen-bond donors (Lipinski definition) is 0. The summed E-state index contributed by atoms with van der Waals surface area (Å²) >= 11 is 12.0. The number of nitrogens with zero attached hydrogens (tertiary/aromatic N) is 3. The van der Waals surface area contributed by atoms with Crippen molar-refractivity contribution >= 4 is 35.1 Å². The van der Waals surface area contributed by atoms with Crippen LogP contribution in [0.15, 0.2) is 23.0 Å². The Balaban J connectivity index is 2.01. The van der Waals surface area contributed by atoms with Crippen molar-refractivity contribution in [2.24, 2.45) is 7.05 Å². The summed E-state index contributed by atoms with van der Waals surface area (Å²) in [6, 6.07) is 4.74. The highest BCUT2D eigenvalue weighted by Gasteiger charge is 2.39. The lowest BCUT2D eigenvalue weighted by Crippen LogP contribution is -2.49. The van der Waals surface area contributed by atoms with Crippen LogP contribution in [0.3, 0.4) is 0 Å². The van der Waals surface area contributed by atoms with E-state index in [9.17, 15) is 14.4 Å². The molecule has 1 amide bonds. The lowest BCUT2D eigenvalue weighted by molar-refractivity contribution is 0.0579. The number of amides is 1. The van der Waals surface area contributed by atoms with Crippen molar-refractivity contribution in [3.63, 3.8) is 0 Å². The number of carbonyl (C=O) groups excluding carboxylic acids is 2. The van der Waals surface area contributed by atoms with E-state index in [0.717, 1.165) is 0 Å². The Kier molecular flexibility index (Phi) is 6.62. The minimum atomic E-state index is -0.765. The Morgan fingerprint density at radius 2 is 1.90 bits per heavy atom. The summed E-state index contributed by atoms with van der Waals surface area (Å²) in [6.45, 7) is 2.76. The minimum Gasteiger partial charge on any atom is -0.489 e. The number of aromatic nitrogens is 2. The van der Waals surface area contributed by atoms with E-state index in [1.165, 1.54) is 24.9 Å². The van der Waals surface area contributed by atoms with Crippen LogP contribution in [0.1, 0.15) is 46.4 Å². The fourth-order valence-electron chi connectivity index (χ4n) is 3.95. The quantitative estimate of drug-likeness (QED) is 0.641. The van der Waals surface area contributed by atoms with Crippen LogP contribution in [-0.4, -0.2) is 53.6 Å². The average molecular weight is 468 g/mol. The zero-order valence-corrected chi connectivity index (χ0v) is 19.2. The summed E-state index contributed by atoms with van der Waals surface area (Å²) in [4.78, 5) is 44.3. The fourth-order valence-corrected chi connectivity index (χ4v) is 4.25. The van der Waals surface area contributed by atoms with Gasteiger partial charge in [0.05, 0.1) is 24.3 Å². The first-order valence-electron chi connectivity index (χ1n) is 9.61. The van der Waals surface area contributed by atoms with Crippen LogP contribution in [0.2, 0.25) is 10.0 Å². The number of rotatable bonds is 4. The van der Waals surface area contributed by atoms with Gasteiger partial charge in [-0.2, -0.15) is 0 Å². The first-order chi connectivity index (χ1) is 14.6. The molecule has 1 atom stereocenters. The number of esters is 1. The van der Waals surface area contributed by atoms with Crippen LogP contribution in [0, 0.1) is 0 Å².